The first-order valence-corrected chi connectivity index (χ1v) is 8.87. The molecule has 0 unspecified atom stereocenters. The fourth-order valence-electron chi connectivity index (χ4n) is 2.33. The van der Waals surface area contributed by atoms with E-state index in [4.69, 9.17) is 5.14 Å². The summed E-state index contributed by atoms with van der Waals surface area (Å²) in [7, 11) is -3.73. The molecule has 3 rings (SSSR count). The average molecular weight is 362 g/mol. The van der Waals surface area contributed by atoms with Crippen molar-refractivity contribution >= 4 is 21.6 Å². The van der Waals surface area contributed by atoms with Crippen LogP contribution in [0.2, 0.25) is 0 Å². The van der Waals surface area contributed by atoms with Gasteiger partial charge in [-0.05, 0) is 29.8 Å². The van der Waals surface area contributed by atoms with Crippen molar-refractivity contribution in [3.63, 3.8) is 0 Å². The summed E-state index contributed by atoms with van der Waals surface area (Å²) >= 11 is 0. The third-order valence-electron chi connectivity index (χ3n) is 3.55. The topological polar surface area (TPSA) is 107 Å². The fraction of sp³-hybridized carbons (Fsp3) is 0.125. The molecule has 1 aromatic carbocycles. The number of nitrogens with two attached hydrogens (primary N) is 1. The second kappa shape index (κ2) is 6.61. The van der Waals surface area contributed by atoms with Gasteiger partial charge in [-0.1, -0.05) is 12.1 Å². The molecule has 0 radical (unpaired) electrons. The minimum Gasteiger partial charge on any atom is -0.352 e. The van der Waals surface area contributed by atoms with Crippen LogP contribution in [0.15, 0.2) is 53.7 Å². The van der Waals surface area contributed by atoms with Crippen LogP contribution in [0.3, 0.4) is 0 Å². The number of carbonyl (C=O) groups excluding carboxylic acids is 1. The van der Waals surface area contributed by atoms with Crippen LogP contribution in [0, 0.1) is 5.82 Å². The fourth-order valence-corrected chi connectivity index (χ4v) is 2.84. The van der Waals surface area contributed by atoms with Gasteiger partial charge in [-0.3, -0.25) is 4.79 Å². The molecule has 130 valence electrons. The maximum Gasteiger partial charge on any atom is 0.238 e. The first-order valence-electron chi connectivity index (χ1n) is 7.33. The van der Waals surface area contributed by atoms with Crippen molar-refractivity contribution in [2.45, 2.75) is 17.9 Å². The zero-order valence-corrected chi connectivity index (χ0v) is 13.8. The lowest BCUT2D eigenvalue weighted by molar-refractivity contribution is -0.120. The number of benzene rings is 1. The van der Waals surface area contributed by atoms with Crippen LogP contribution in [-0.2, 0) is 27.8 Å². The Morgan fingerprint density at radius 2 is 1.88 bits per heavy atom. The van der Waals surface area contributed by atoms with Crippen molar-refractivity contribution in [2.24, 2.45) is 5.14 Å². The highest BCUT2D eigenvalue weighted by Crippen LogP contribution is 2.09. The summed E-state index contributed by atoms with van der Waals surface area (Å²) < 4.78 is 37.0. The summed E-state index contributed by atoms with van der Waals surface area (Å²) in [4.78, 5) is 16.3. The number of imidazole rings is 1. The largest absolute Gasteiger partial charge is 0.352 e. The first-order chi connectivity index (χ1) is 11.8. The second-order valence-electron chi connectivity index (χ2n) is 5.49. The molecule has 3 aromatic rings. The molecule has 0 aliphatic rings. The monoisotopic (exact) mass is 362 g/mol. The van der Waals surface area contributed by atoms with Gasteiger partial charge in [0.2, 0.25) is 15.9 Å². The molecule has 3 N–H and O–H groups in total. The number of rotatable bonds is 5. The quantitative estimate of drug-likeness (QED) is 0.705. The number of amides is 1. The Morgan fingerprint density at radius 3 is 2.56 bits per heavy atom. The Hall–Kier alpha value is -2.78. The first kappa shape index (κ1) is 17.1. The van der Waals surface area contributed by atoms with Crippen LogP contribution in [0.1, 0.15) is 11.3 Å². The van der Waals surface area contributed by atoms with Crippen LogP contribution >= 0.6 is 0 Å². The lowest BCUT2D eigenvalue weighted by Gasteiger charge is -2.05. The predicted molar refractivity (Wildman–Crippen MR) is 88.5 cm³/mol. The molecular weight excluding hydrogens is 347 g/mol. The summed E-state index contributed by atoms with van der Waals surface area (Å²) in [5.41, 5.74) is 1.81. The van der Waals surface area contributed by atoms with E-state index in [2.05, 4.69) is 10.3 Å². The van der Waals surface area contributed by atoms with Gasteiger partial charge in [0, 0.05) is 18.9 Å². The Balaban J connectivity index is 1.60. The van der Waals surface area contributed by atoms with Gasteiger partial charge in [-0.25, -0.2) is 22.9 Å². The van der Waals surface area contributed by atoms with Gasteiger partial charge >= 0.3 is 0 Å². The molecule has 2 aromatic heterocycles. The summed E-state index contributed by atoms with van der Waals surface area (Å²) in [6, 6.07) is 8.75. The van der Waals surface area contributed by atoms with E-state index in [9.17, 15) is 17.6 Å². The van der Waals surface area contributed by atoms with E-state index in [1.165, 1.54) is 34.9 Å². The van der Waals surface area contributed by atoms with E-state index in [1.54, 1.807) is 18.3 Å². The van der Waals surface area contributed by atoms with Crippen molar-refractivity contribution in [1.82, 2.24) is 14.7 Å². The van der Waals surface area contributed by atoms with E-state index in [1.807, 2.05) is 0 Å². The van der Waals surface area contributed by atoms with Crippen molar-refractivity contribution in [3.05, 3.63) is 65.9 Å². The highest BCUT2D eigenvalue weighted by atomic mass is 32.2. The number of sulfonamides is 1. The second-order valence-corrected chi connectivity index (χ2v) is 7.05. The summed E-state index contributed by atoms with van der Waals surface area (Å²) in [5, 5.41) is 7.74. The lowest BCUT2D eigenvalue weighted by Crippen LogP contribution is -2.24. The Labute approximate surface area is 143 Å². The number of halogens is 1. The molecule has 9 heteroatoms. The Bertz CT molecular complexity index is 1030. The number of aromatic nitrogens is 2. The van der Waals surface area contributed by atoms with Gasteiger partial charge in [0.05, 0.1) is 17.0 Å². The van der Waals surface area contributed by atoms with Crippen molar-refractivity contribution in [3.8, 4) is 0 Å². The van der Waals surface area contributed by atoms with Crippen LogP contribution < -0.4 is 10.5 Å². The third-order valence-corrected chi connectivity index (χ3v) is 4.48. The Morgan fingerprint density at radius 1 is 1.16 bits per heavy atom. The maximum atomic E-state index is 13.1. The predicted octanol–water partition coefficient (Wildman–Crippen LogP) is 0.980. The standard InChI is InChI=1S/C16H15FN4O3S/c17-12-3-6-15-20-13(10-21(15)9-12)7-16(22)19-8-11-1-4-14(5-2-11)25(18,23)24/h1-6,9-10H,7-8H2,(H,19,22)(H2,18,23,24). The van der Waals surface area contributed by atoms with Crippen molar-refractivity contribution in [1.29, 1.82) is 0 Å². The molecule has 1 amide bonds. The third kappa shape index (κ3) is 4.20. The molecule has 0 bridgehead atoms. The number of nitrogens with one attached hydrogen (secondary N) is 1. The molecule has 0 fully saturated rings. The number of fused-ring (bicyclic) bond motifs is 1. The molecule has 0 aliphatic heterocycles. The van der Waals surface area contributed by atoms with Gasteiger partial charge in [0.15, 0.2) is 0 Å². The lowest BCUT2D eigenvalue weighted by atomic mass is 10.2. The zero-order valence-electron chi connectivity index (χ0n) is 13.0. The van der Waals surface area contributed by atoms with Gasteiger partial charge in [0.1, 0.15) is 11.5 Å². The zero-order chi connectivity index (χ0) is 18.0. The normalized spacial score (nSPS) is 11.6. The SMILES string of the molecule is NS(=O)(=O)c1ccc(CNC(=O)Cc2cn3cc(F)ccc3n2)cc1. The maximum absolute atomic E-state index is 13.1. The van der Waals surface area contributed by atoms with Gasteiger partial charge in [-0.15, -0.1) is 0 Å². The highest BCUT2D eigenvalue weighted by molar-refractivity contribution is 7.89. The van der Waals surface area contributed by atoms with Crippen LogP contribution in [0.5, 0.6) is 0 Å². The van der Waals surface area contributed by atoms with Crippen molar-refractivity contribution < 1.29 is 17.6 Å². The Kier molecular flexibility index (Phi) is 4.51. The van der Waals surface area contributed by atoms with Gasteiger partial charge in [0.25, 0.3) is 0 Å². The molecule has 0 aliphatic carbocycles. The number of nitrogens with zero attached hydrogens (tertiary/aromatic N) is 2. The van der Waals surface area contributed by atoms with Crippen LogP contribution in [0.25, 0.3) is 5.65 Å². The van der Waals surface area contributed by atoms with Crippen molar-refractivity contribution in [2.75, 3.05) is 0 Å². The van der Waals surface area contributed by atoms with Gasteiger partial charge < -0.3 is 9.72 Å². The highest BCUT2D eigenvalue weighted by Gasteiger charge is 2.09. The van der Waals surface area contributed by atoms with E-state index in [-0.39, 0.29) is 29.6 Å². The molecule has 0 atom stereocenters. The minimum absolute atomic E-state index is 0.0134. The number of primary sulfonamides is 1. The summed E-state index contributed by atoms with van der Waals surface area (Å²) in [6.45, 7) is 0.242. The van der Waals surface area contributed by atoms with E-state index >= 15 is 0 Å². The van der Waals surface area contributed by atoms with E-state index in [0.29, 0.717) is 11.3 Å². The molecule has 0 spiro atoms. The van der Waals surface area contributed by atoms with Crippen LogP contribution in [-0.4, -0.2) is 23.7 Å². The summed E-state index contributed by atoms with van der Waals surface area (Å²) in [5.74, 6) is -0.636. The van der Waals surface area contributed by atoms with E-state index < -0.39 is 10.0 Å². The molecule has 0 saturated carbocycles. The number of hydrogen-bond donors (Lipinski definition) is 2. The average Bonchev–Trinajstić information content (AvgIpc) is 2.93. The number of hydrogen-bond acceptors (Lipinski definition) is 4. The molecule has 0 saturated heterocycles. The molecule has 7 nitrogen and oxygen atoms in total. The molecule has 25 heavy (non-hydrogen) atoms. The molecule has 2 heterocycles. The molecular formula is C16H15FN4O3S. The van der Waals surface area contributed by atoms with Gasteiger partial charge in [-0.2, -0.15) is 0 Å². The van der Waals surface area contributed by atoms with E-state index in [0.717, 1.165) is 5.56 Å². The smallest absolute Gasteiger partial charge is 0.238 e. The number of carbonyl (C=O) groups is 1. The number of pyridine rings is 1. The van der Waals surface area contributed by atoms with Crippen LogP contribution in [0.4, 0.5) is 4.39 Å². The minimum atomic E-state index is -3.73. The summed E-state index contributed by atoms with van der Waals surface area (Å²) in [6.07, 6.45) is 2.94.